The van der Waals surface area contributed by atoms with E-state index in [1.54, 1.807) is 0 Å². The maximum absolute atomic E-state index is 10.9. The summed E-state index contributed by atoms with van der Waals surface area (Å²) >= 11 is 0. The SMILES string of the molecule is CCCCCCCC=CC(OC(C)=O)C(C)C. The van der Waals surface area contributed by atoms with E-state index in [1.165, 1.54) is 39.0 Å². The highest BCUT2D eigenvalue weighted by Gasteiger charge is 2.11. The van der Waals surface area contributed by atoms with Crippen LogP contribution in [0.3, 0.4) is 0 Å². The molecule has 0 amide bonds. The van der Waals surface area contributed by atoms with Gasteiger partial charge in [-0.05, 0) is 24.8 Å². The molecule has 1 atom stereocenters. The van der Waals surface area contributed by atoms with E-state index in [-0.39, 0.29) is 12.1 Å². The molecule has 0 spiro atoms. The molecule has 0 rings (SSSR count). The van der Waals surface area contributed by atoms with Crippen LogP contribution < -0.4 is 0 Å². The molecule has 0 bridgehead atoms. The maximum Gasteiger partial charge on any atom is 0.303 e. The van der Waals surface area contributed by atoms with E-state index in [0.717, 1.165) is 6.42 Å². The van der Waals surface area contributed by atoms with Crippen molar-refractivity contribution in [2.45, 2.75) is 72.3 Å². The predicted octanol–water partition coefficient (Wildman–Crippen LogP) is 4.49. The van der Waals surface area contributed by atoms with Crippen LogP contribution in [0.4, 0.5) is 0 Å². The molecule has 0 aromatic carbocycles. The highest BCUT2D eigenvalue weighted by Crippen LogP contribution is 2.10. The smallest absolute Gasteiger partial charge is 0.303 e. The van der Waals surface area contributed by atoms with Gasteiger partial charge in [-0.2, -0.15) is 0 Å². The zero-order valence-electron chi connectivity index (χ0n) is 11.9. The van der Waals surface area contributed by atoms with Crippen LogP contribution in [-0.4, -0.2) is 12.1 Å². The quantitative estimate of drug-likeness (QED) is 0.337. The van der Waals surface area contributed by atoms with E-state index in [1.807, 2.05) is 6.08 Å². The van der Waals surface area contributed by atoms with Gasteiger partial charge in [0, 0.05) is 6.92 Å². The van der Waals surface area contributed by atoms with Crippen LogP contribution in [0.2, 0.25) is 0 Å². The number of ether oxygens (including phenoxy) is 1. The third-order valence-corrected chi connectivity index (χ3v) is 2.76. The number of carbonyl (C=O) groups is 1. The number of carbonyl (C=O) groups excluding carboxylic acids is 1. The summed E-state index contributed by atoms with van der Waals surface area (Å²) in [6, 6.07) is 0. The van der Waals surface area contributed by atoms with Gasteiger partial charge < -0.3 is 4.74 Å². The van der Waals surface area contributed by atoms with E-state index < -0.39 is 0 Å². The van der Waals surface area contributed by atoms with Crippen LogP contribution in [0.1, 0.15) is 66.2 Å². The summed E-state index contributed by atoms with van der Waals surface area (Å²) in [6.07, 6.45) is 11.7. The molecule has 1 unspecified atom stereocenters. The predicted molar refractivity (Wildman–Crippen MR) is 72.9 cm³/mol. The normalized spacial score (nSPS) is 13.2. The summed E-state index contributed by atoms with van der Waals surface area (Å²) in [5, 5.41) is 0. The van der Waals surface area contributed by atoms with Gasteiger partial charge >= 0.3 is 5.97 Å². The monoisotopic (exact) mass is 240 g/mol. The molecule has 0 N–H and O–H groups in total. The van der Waals surface area contributed by atoms with Crippen molar-refractivity contribution in [1.82, 2.24) is 0 Å². The average molecular weight is 240 g/mol. The lowest BCUT2D eigenvalue weighted by Gasteiger charge is -2.16. The Balaban J connectivity index is 3.73. The van der Waals surface area contributed by atoms with Crippen molar-refractivity contribution < 1.29 is 9.53 Å². The second-order valence-electron chi connectivity index (χ2n) is 4.95. The van der Waals surface area contributed by atoms with Gasteiger partial charge in [0.2, 0.25) is 0 Å². The van der Waals surface area contributed by atoms with Gasteiger partial charge in [0.25, 0.3) is 0 Å². The fraction of sp³-hybridized carbons (Fsp3) is 0.800. The van der Waals surface area contributed by atoms with Gasteiger partial charge in [0.1, 0.15) is 6.10 Å². The number of hydrogen-bond acceptors (Lipinski definition) is 2. The van der Waals surface area contributed by atoms with Gasteiger partial charge in [-0.25, -0.2) is 0 Å². The van der Waals surface area contributed by atoms with Gasteiger partial charge in [-0.3, -0.25) is 4.79 Å². The first-order valence-electron chi connectivity index (χ1n) is 6.91. The fourth-order valence-corrected chi connectivity index (χ4v) is 1.69. The van der Waals surface area contributed by atoms with Crippen molar-refractivity contribution in [2.24, 2.45) is 5.92 Å². The first kappa shape index (κ1) is 16.2. The molecule has 0 aliphatic carbocycles. The minimum atomic E-state index is -0.198. The summed E-state index contributed by atoms with van der Waals surface area (Å²) in [7, 11) is 0. The summed E-state index contributed by atoms with van der Waals surface area (Å²) in [5.41, 5.74) is 0. The Morgan fingerprint density at radius 2 is 1.82 bits per heavy atom. The Labute approximate surface area is 106 Å². The Kier molecular flexibility index (Phi) is 9.89. The molecule has 100 valence electrons. The van der Waals surface area contributed by atoms with Gasteiger partial charge in [-0.1, -0.05) is 52.5 Å². The third-order valence-electron chi connectivity index (χ3n) is 2.76. The first-order chi connectivity index (χ1) is 8.07. The number of rotatable bonds is 9. The molecule has 2 nitrogen and oxygen atoms in total. The average Bonchev–Trinajstić information content (AvgIpc) is 2.25. The lowest BCUT2D eigenvalue weighted by molar-refractivity contribution is -0.145. The third kappa shape index (κ3) is 10.1. The zero-order chi connectivity index (χ0) is 13.1. The highest BCUT2D eigenvalue weighted by atomic mass is 16.5. The number of esters is 1. The Bertz CT molecular complexity index is 219. The molecule has 0 saturated carbocycles. The van der Waals surface area contributed by atoms with E-state index >= 15 is 0 Å². The summed E-state index contributed by atoms with van der Waals surface area (Å²) in [4.78, 5) is 10.9. The van der Waals surface area contributed by atoms with Crippen LogP contribution in [0.25, 0.3) is 0 Å². The zero-order valence-corrected chi connectivity index (χ0v) is 11.9. The molecule has 0 aliphatic heterocycles. The van der Waals surface area contributed by atoms with Crippen LogP contribution >= 0.6 is 0 Å². The molecule has 0 aromatic rings. The van der Waals surface area contributed by atoms with Crippen LogP contribution in [-0.2, 0) is 9.53 Å². The minimum Gasteiger partial charge on any atom is -0.458 e. The highest BCUT2D eigenvalue weighted by molar-refractivity contribution is 5.66. The van der Waals surface area contributed by atoms with Crippen LogP contribution in [0, 0.1) is 5.92 Å². The molecule has 0 heterocycles. The van der Waals surface area contributed by atoms with E-state index in [4.69, 9.17) is 4.74 Å². The Morgan fingerprint density at radius 3 is 2.35 bits per heavy atom. The van der Waals surface area contributed by atoms with Crippen molar-refractivity contribution in [3.63, 3.8) is 0 Å². The van der Waals surface area contributed by atoms with Gasteiger partial charge in [0.05, 0.1) is 0 Å². The van der Waals surface area contributed by atoms with Crippen LogP contribution in [0.15, 0.2) is 12.2 Å². The largest absolute Gasteiger partial charge is 0.458 e. The summed E-state index contributed by atoms with van der Waals surface area (Å²) in [6.45, 7) is 7.83. The molecule has 0 aromatic heterocycles. The minimum absolute atomic E-state index is 0.0665. The Hall–Kier alpha value is -0.790. The standard InChI is InChI=1S/C15H28O2/c1-5-6-7-8-9-10-11-12-15(13(2)3)17-14(4)16/h11-13,15H,5-10H2,1-4H3. The van der Waals surface area contributed by atoms with Crippen molar-refractivity contribution in [3.05, 3.63) is 12.2 Å². The summed E-state index contributed by atoms with van der Waals surface area (Å²) in [5.74, 6) is 0.145. The number of unbranched alkanes of at least 4 members (excludes halogenated alkanes) is 5. The van der Waals surface area contributed by atoms with E-state index in [0.29, 0.717) is 5.92 Å². The van der Waals surface area contributed by atoms with Crippen molar-refractivity contribution >= 4 is 5.97 Å². The van der Waals surface area contributed by atoms with Gasteiger partial charge in [0.15, 0.2) is 0 Å². The maximum atomic E-state index is 10.9. The van der Waals surface area contributed by atoms with E-state index in [9.17, 15) is 4.79 Å². The first-order valence-corrected chi connectivity index (χ1v) is 6.91. The molecule has 0 aliphatic rings. The molecule has 2 heteroatoms. The molecular weight excluding hydrogens is 212 g/mol. The van der Waals surface area contributed by atoms with Crippen molar-refractivity contribution in [1.29, 1.82) is 0 Å². The Morgan fingerprint density at radius 1 is 1.18 bits per heavy atom. The number of hydrogen-bond donors (Lipinski definition) is 0. The molecule has 0 radical (unpaired) electrons. The van der Waals surface area contributed by atoms with Gasteiger partial charge in [-0.15, -0.1) is 0 Å². The summed E-state index contributed by atoms with van der Waals surface area (Å²) < 4.78 is 5.23. The molecule has 17 heavy (non-hydrogen) atoms. The lowest BCUT2D eigenvalue weighted by Crippen LogP contribution is -2.19. The second kappa shape index (κ2) is 10.4. The van der Waals surface area contributed by atoms with Crippen LogP contribution in [0.5, 0.6) is 0 Å². The number of allylic oxidation sites excluding steroid dienone is 1. The van der Waals surface area contributed by atoms with E-state index in [2.05, 4.69) is 26.8 Å². The molecule has 0 saturated heterocycles. The molecular formula is C15H28O2. The van der Waals surface area contributed by atoms with Crippen molar-refractivity contribution in [2.75, 3.05) is 0 Å². The topological polar surface area (TPSA) is 26.3 Å². The van der Waals surface area contributed by atoms with Crippen molar-refractivity contribution in [3.8, 4) is 0 Å². The molecule has 0 fully saturated rings. The second-order valence-corrected chi connectivity index (χ2v) is 4.95. The lowest BCUT2D eigenvalue weighted by atomic mass is 10.1. The fourth-order valence-electron chi connectivity index (χ4n) is 1.69.